The monoisotopic (exact) mass is 322 g/mol. The summed E-state index contributed by atoms with van der Waals surface area (Å²) >= 11 is 0. The first-order valence-electron chi connectivity index (χ1n) is 4.76. The SMILES string of the molecule is C[n+]1ccn(CCS(=O)(=O)NS(=O)(=O)C(F)(F)F)c1. The van der Waals surface area contributed by atoms with Crippen LogP contribution in [-0.4, -0.2) is 32.7 Å². The van der Waals surface area contributed by atoms with Crippen molar-refractivity contribution in [2.45, 2.75) is 12.1 Å². The van der Waals surface area contributed by atoms with E-state index in [0.29, 0.717) is 4.13 Å². The van der Waals surface area contributed by atoms with Crippen molar-refractivity contribution in [2.75, 3.05) is 5.75 Å². The van der Waals surface area contributed by atoms with Gasteiger partial charge in [-0.1, -0.05) is 0 Å². The van der Waals surface area contributed by atoms with Gasteiger partial charge in [0, 0.05) is 0 Å². The molecule has 0 amide bonds. The van der Waals surface area contributed by atoms with Crippen LogP contribution in [0, 0.1) is 0 Å². The number of rotatable bonds is 5. The third-order valence-electron chi connectivity index (χ3n) is 1.98. The topological polar surface area (TPSA) is 89.1 Å². The van der Waals surface area contributed by atoms with Crippen molar-refractivity contribution in [3.63, 3.8) is 0 Å². The van der Waals surface area contributed by atoms with Crippen LogP contribution in [-0.2, 0) is 33.6 Å². The van der Waals surface area contributed by atoms with E-state index in [-0.39, 0.29) is 6.54 Å². The summed E-state index contributed by atoms with van der Waals surface area (Å²) in [6, 6.07) is 0. The number of halogens is 3. The van der Waals surface area contributed by atoms with Gasteiger partial charge in [0.05, 0.1) is 7.05 Å². The van der Waals surface area contributed by atoms with Crippen molar-refractivity contribution >= 4 is 20.0 Å². The van der Waals surface area contributed by atoms with Crippen molar-refractivity contribution in [2.24, 2.45) is 7.05 Å². The van der Waals surface area contributed by atoms with Crippen LogP contribution >= 0.6 is 0 Å². The zero-order valence-corrected chi connectivity index (χ0v) is 11.3. The predicted molar refractivity (Wildman–Crippen MR) is 57.5 cm³/mol. The van der Waals surface area contributed by atoms with Crippen LogP contribution < -0.4 is 8.69 Å². The van der Waals surface area contributed by atoms with Crippen LogP contribution in [0.5, 0.6) is 0 Å². The molecule has 0 fully saturated rings. The molecule has 19 heavy (non-hydrogen) atoms. The first-order valence-corrected chi connectivity index (χ1v) is 7.90. The highest BCUT2D eigenvalue weighted by molar-refractivity contribution is 8.05. The molecule has 0 bridgehead atoms. The third-order valence-corrected chi connectivity index (χ3v) is 5.21. The second-order valence-corrected chi connectivity index (χ2v) is 7.44. The van der Waals surface area contributed by atoms with Crippen LogP contribution in [0.4, 0.5) is 13.2 Å². The van der Waals surface area contributed by atoms with Gasteiger partial charge in [0.1, 0.15) is 24.7 Å². The van der Waals surface area contributed by atoms with Gasteiger partial charge in [-0.2, -0.15) is 13.2 Å². The first-order chi connectivity index (χ1) is 8.43. The number of imidazole rings is 1. The van der Waals surface area contributed by atoms with E-state index in [2.05, 4.69) is 0 Å². The summed E-state index contributed by atoms with van der Waals surface area (Å²) in [4.78, 5) is 0. The van der Waals surface area contributed by atoms with Gasteiger partial charge in [-0.3, -0.25) is 0 Å². The molecule has 0 aromatic carbocycles. The van der Waals surface area contributed by atoms with Gasteiger partial charge < -0.3 is 0 Å². The molecule has 1 rings (SSSR count). The summed E-state index contributed by atoms with van der Waals surface area (Å²) in [5.41, 5.74) is -5.67. The molecule has 110 valence electrons. The minimum Gasteiger partial charge on any atom is -0.240 e. The van der Waals surface area contributed by atoms with Crippen molar-refractivity contribution in [1.82, 2.24) is 8.69 Å². The fourth-order valence-corrected chi connectivity index (χ4v) is 3.62. The Morgan fingerprint density at radius 3 is 2.26 bits per heavy atom. The van der Waals surface area contributed by atoms with Gasteiger partial charge in [0.25, 0.3) is 0 Å². The summed E-state index contributed by atoms with van der Waals surface area (Å²) in [6.07, 6.45) is 4.58. The quantitative estimate of drug-likeness (QED) is 0.710. The Hall–Kier alpha value is -1.14. The van der Waals surface area contributed by atoms with Gasteiger partial charge in [0.15, 0.2) is 0 Å². The van der Waals surface area contributed by atoms with Crippen molar-refractivity contribution < 1.29 is 34.6 Å². The molecule has 0 aliphatic rings. The van der Waals surface area contributed by atoms with E-state index in [1.807, 2.05) is 0 Å². The number of nitrogens with one attached hydrogen (secondary N) is 1. The number of sulfonamides is 2. The Morgan fingerprint density at radius 2 is 1.84 bits per heavy atom. The van der Waals surface area contributed by atoms with E-state index in [1.165, 1.54) is 17.1 Å². The number of hydrogen-bond acceptors (Lipinski definition) is 4. The zero-order valence-electron chi connectivity index (χ0n) is 9.62. The molecule has 1 aromatic heterocycles. The van der Waals surface area contributed by atoms with Crippen LogP contribution in [0.2, 0.25) is 0 Å². The Bertz CT molecular complexity index is 647. The van der Waals surface area contributed by atoms with E-state index in [9.17, 15) is 30.0 Å². The van der Waals surface area contributed by atoms with Gasteiger partial charge in [-0.15, -0.1) is 4.13 Å². The van der Waals surface area contributed by atoms with Crippen molar-refractivity contribution in [3.05, 3.63) is 18.7 Å². The molecule has 1 aromatic rings. The maximum Gasteiger partial charge on any atom is 0.512 e. The van der Waals surface area contributed by atoms with Crippen molar-refractivity contribution in [1.29, 1.82) is 0 Å². The Kier molecular flexibility index (Phi) is 4.27. The van der Waals surface area contributed by atoms with Crippen LogP contribution in [0.3, 0.4) is 0 Å². The number of aromatic nitrogens is 2. The Balaban J connectivity index is 2.73. The lowest BCUT2D eigenvalue weighted by Crippen LogP contribution is -2.41. The highest BCUT2D eigenvalue weighted by Gasteiger charge is 2.48. The van der Waals surface area contributed by atoms with E-state index in [0.717, 1.165) is 0 Å². The van der Waals surface area contributed by atoms with Crippen molar-refractivity contribution in [3.8, 4) is 0 Å². The van der Waals surface area contributed by atoms with Crippen LogP contribution in [0.15, 0.2) is 18.7 Å². The van der Waals surface area contributed by atoms with Crippen LogP contribution in [0.25, 0.3) is 0 Å². The van der Waals surface area contributed by atoms with E-state index >= 15 is 0 Å². The molecule has 7 nitrogen and oxygen atoms in total. The minimum atomic E-state index is -5.91. The Morgan fingerprint density at radius 1 is 1.26 bits per heavy atom. The number of aryl methyl sites for hydroxylation is 2. The highest BCUT2D eigenvalue weighted by Crippen LogP contribution is 2.22. The number of nitrogens with zero attached hydrogens (tertiary/aromatic N) is 2. The average Bonchev–Trinajstić information content (AvgIpc) is 2.58. The molecule has 12 heteroatoms. The van der Waals surface area contributed by atoms with Gasteiger partial charge in [-0.05, 0) is 0 Å². The second kappa shape index (κ2) is 5.09. The summed E-state index contributed by atoms with van der Waals surface area (Å²) < 4.78 is 83.5. The number of alkyl halides is 3. The van der Waals surface area contributed by atoms with Gasteiger partial charge in [-0.25, -0.2) is 26.0 Å². The predicted octanol–water partition coefficient (Wildman–Crippen LogP) is -0.918. The summed E-state index contributed by atoms with van der Waals surface area (Å²) in [7, 11) is -8.84. The maximum absolute atomic E-state index is 12.0. The molecular formula is C7H11F3N3O4S2+. The lowest BCUT2D eigenvalue weighted by atomic mass is 10.7. The molecule has 0 aliphatic carbocycles. The molecule has 0 saturated heterocycles. The molecule has 1 heterocycles. The molecule has 0 aliphatic heterocycles. The molecule has 0 saturated carbocycles. The normalized spacial score (nSPS) is 13.7. The van der Waals surface area contributed by atoms with E-state index in [1.54, 1.807) is 17.8 Å². The second-order valence-electron chi connectivity index (χ2n) is 3.67. The molecule has 0 spiro atoms. The lowest BCUT2D eigenvalue weighted by molar-refractivity contribution is -0.671. The summed E-state index contributed by atoms with van der Waals surface area (Å²) in [6.45, 7) is -0.177. The fraction of sp³-hybridized carbons (Fsp3) is 0.571. The fourth-order valence-electron chi connectivity index (χ4n) is 1.12. The lowest BCUT2D eigenvalue weighted by Gasteiger charge is -2.09. The maximum atomic E-state index is 12.0. The smallest absolute Gasteiger partial charge is 0.240 e. The number of hydrogen-bond donors (Lipinski definition) is 1. The van der Waals surface area contributed by atoms with E-state index in [4.69, 9.17) is 0 Å². The molecule has 1 N–H and O–H groups in total. The zero-order chi connectivity index (χ0) is 14.9. The minimum absolute atomic E-state index is 0.177. The average molecular weight is 322 g/mol. The molecular weight excluding hydrogens is 311 g/mol. The van der Waals surface area contributed by atoms with Gasteiger partial charge in [0.2, 0.25) is 16.4 Å². The largest absolute Gasteiger partial charge is 0.512 e. The first kappa shape index (κ1) is 15.9. The highest BCUT2D eigenvalue weighted by atomic mass is 32.3. The molecule has 0 unspecified atom stereocenters. The van der Waals surface area contributed by atoms with Crippen LogP contribution in [0.1, 0.15) is 0 Å². The summed E-state index contributed by atoms with van der Waals surface area (Å²) in [5.74, 6) is -0.795. The molecule has 0 atom stereocenters. The van der Waals surface area contributed by atoms with E-state index < -0.39 is 31.3 Å². The summed E-state index contributed by atoms with van der Waals surface area (Å²) in [5, 5.41) is 0. The standard InChI is InChI=1S/C7H11F3N3O4S2/c1-12-2-3-13(6-12)4-5-18(14,15)11-19(16,17)7(8,9)10/h2-3,6,11H,4-5H2,1H3/q+1. The molecule has 0 radical (unpaired) electrons. The third kappa shape index (κ3) is 4.47. The van der Waals surface area contributed by atoms with Gasteiger partial charge >= 0.3 is 15.5 Å². The Labute approximate surface area is 107 Å².